The van der Waals surface area contributed by atoms with E-state index in [1.54, 1.807) is 25.2 Å². The van der Waals surface area contributed by atoms with Gasteiger partial charge in [-0.15, -0.1) is 0 Å². The minimum atomic E-state index is 0.454. The first-order valence-electron chi connectivity index (χ1n) is 4.72. The van der Waals surface area contributed by atoms with Gasteiger partial charge in [-0.2, -0.15) is 0 Å². The molecule has 0 aliphatic heterocycles. The normalized spacial score (nSPS) is 7.46. The van der Waals surface area contributed by atoms with Crippen LogP contribution in [0.2, 0.25) is 0 Å². The van der Waals surface area contributed by atoms with Crippen molar-refractivity contribution in [2.45, 2.75) is 34.6 Å². The van der Waals surface area contributed by atoms with Crippen molar-refractivity contribution in [3.63, 3.8) is 0 Å². The lowest BCUT2D eigenvalue weighted by molar-refractivity contribution is 1.47. The first kappa shape index (κ1) is 17.8. The van der Waals surface area contributed by atoms with Crippen molar-refractivity contribution in [2.75, 3.05) is 0 Å². The third-order valence-corrected chi connectivity index (χ3v) is 0.859. The molecule has 13 heavy (non-hydrogen) atoms. The van der Waals surface area contributed by atoms with Crippen LogP contribution < -0.4 is 0 Å². The Kier molecular flexibility index (Phi) is 23.5. The predicted molar refractivity (Wildman–Crippen MR) is 64.6 cm³/mol. The first-order valence-corrected chi connectivity index (χ1v) is 4.72. The molecule has 0 bridgehead atoms. The van der Waals surface area contributed by atoms with Gasteiger partial charge in [0.1, 0.15) is 0 Å². The Labute approximate surface area is 83.4 Å². The molecule has 1 N–H and O–H groups in total. The van der Waals surface area contributed by atoms with Crippen LogP contribution in [0.1, 0.15) is 34.6 Å². The van der Waals surface area contributed by atoms with Crippen LogP contribution in [0.3, 0.4) is 0 Å². The fraction of sp³-hybridized carbons (Fsp3) is 0.417. The second-order valence-electron chi connectivity index (χ2n) is 1.79. The maximum atomic E-state index is 7.21. The highest BCUT2D eigenvalue weighted by Crippen LogP contribution is 1.91. The molecule has 0 aromatic carbocycles. The summed E-state index contributed by atoms with van der Waals surface area (Å²) in [5, 5.41) is 7.21. The zero-order valence-corrected chi connectivity index (χ0v) is 9.65. The van der Waals surface area contributed by atoms with Crippen LogP contribution in [0.5, 0.6) is 0 Å². The third-order valence-electron chi connectivity index (χ3n) is 0.859. The van der Waals surface area contributed by atoms with E-state index in [0.29, 0.717) is 5.71 Å². The molecule has 0 spiro atoms. The van der Waals surface area contributed by atoms with Crippen LogP contribution in [0, 0.1) is 5.41 Å². The molecule has 0 amide bonds. The van der Waals surface area contributed by atoms with Crippen LogP contribution in [0.25, 0.3) is 0 Å². The van der Waals surface area contributed by atoms with E-state index in [4.69, 9.17) is 5.41 Å². The summed E-state index contributed by atoms with van der Waals surface area (Å²) in [4.78, 5) is 0. The van der Waals surface area contributed by atoms with E-state index in [-0.39, 0.29) is 0 Å². The SMILES string of the molecule is C=C/C=C\C(=N)C(=C)C.CC.CC. The van der Waals surface area contributed by atoms with Crippen LogP contribution in [-0.2, 0) is 0 Å². The second-order valence-corrected chi connectivity index (χ2v) is 1.79. The summed E-state index contributed by atoms with van der Waals surface area (Å²) in [6, 6.07) is 0. The molecule has 0 aromatic heterocycles. The van der Waals surface area contributed by atoms with E-state index >= 15 is 0 Å². The molecule has 0 saturated heterocycles. The zero-order valence-electron chi connectivity index (χ0n) is 9.65. The van der Waals surface area contributed by atoms with Gasteiger partial charge in [0.2, 0.25) is 0 Å². The summed E-state index contributed by atoms with van der Waals surface area (Å²) in [6.45, 7) is 16.9. The van der Waals surface area contributed by atoms with E-state index < -0.39 is 0 Å². The average Bonchev–Trinajstić information content (AvgIpc) is 2.20. The second kappa shape index (κ2) is 17.1. The van der Waals surface area contributed by atoms with Crippen molar-refractivity contribution in [2.24, 2.45) is 0 Å². The van der Waals surface area contributed by atoms with Gasteiger partial charge in [-0.3, -0.25) is 0 Å². The van der Waals surface area contributed by atoms with Crippen LogP contribution in [-0.4, -0.2) is 5.71 Å². The Hall–Kier alpha value is -1.11. The van der Waals surface area contributed by atoms with Crippen molar-refractivity contribution < 1.29 is 0 Å². The van der Waals surface area contributed by atoms with Gasteiger partial charge in [0.25, 0.3) is 0 Å². The van der Waals surface area contributed by atoms with E-state index in [1.807, 2.05) is 27.7 Å². The molecule has 0 atom stereocenters. The van der Waals surface area contributed by atoms with Gasteiger partial charge in [-0.25, -0.2) is 0 Å². The van der Waals surface area contributed by atoms with Gasteiger partial charge in [0.05, 0.1) is 5.71 Å². The number of rotatable bonds is 3. The van der Waals surface area contributed by atoms with Crippen molar-refractivity contribution >= 4 is 5.71 Å². The molecule has 1 heteroatoms. The summed E-state index contributed by atoms with van der Waals surface area (Å²) in [7, 11) is 0. The number of hydrogen-bond donors (Lipinski definition) is 1. The fourth-order valence-corrected chi connectivity index (χ4v) is 0.307. The summed E-state index contributed by atoms with van der Waals surface area (Å²) in [5.74, 6) is 0. The highest BCUT2D eigenvalue weighted by molar-refractivity contribution is 6.05. The molecule has 1 nitrogen and oxygen atoms in total. The summed E-state index contributed by atoms with van der Waals surface area (Å²) in [5.41, 5.74) is 1.23. The van der Waals surface area contributed by atoms with Crippen molar-refractivity contribution in [3.05, 3.63) is 37.0 Å². The molecular formula is C12H23N. The van der Waals surface area contributed by atoms with Crippen LogP contribution in [0.15, 0.2) is 37.0 Å². The van der Waals surface area contributed by atoms with E-state index in [9.17, 15) is 0 Å². The summed E-state index contributed by atoms with van der Waals surface area (Å²) >= 11 is 0. The molecule has 0 aromatic rings. The highest BCUT2D eigenvalue weighted by atomic mass is 14.4. The smallest absolute Gasteiger partial charge is 0.0563 e. The standard InChI is InChI=1S/C8H11N.2C2H6/c1-4-5-6-8(9)7(2)3;2*1-2/h4-6,9H,1-2H2,3H3;2*1-2H3/b6-5-,9-8?;;. The molecule has 0 saturated carbocycles. The lowest BCUT2D eigenvalue weighted by atomic mass is 10.2. The predicted octanol–water partition coefficient (Wildman–Crippen LogP) is 4.38. The Morgan fingerprint density at radius 3 is 1.77 bits per heavy atom. The minimum Gasteiger partial charge on any atom is -0.301 e. The molecule has 0 radical (unpaired) electrons. The molecule has 0 heterocycles. The maximum absolute atomic E-state index is 7.21. The van der Waals surface area contributed by atoms with Gasteiger partial charge >= 0.3 is 0 Å². The molecule has 76 valence electrons. The molecule has 0 fully saturated rings. The average molecular weight is 181 g/mol. The highest BCUT2D eigenvalue weighted by Gasteiger charge is 1.86. The van der Waals surface area contributed by atoms with E-state index in [1.165, 1.54) is 0 Å². The molecular weight excluding hydrogens is 158 g/mol. The Balaban J connectivity index is -0.000000218. The third kappa shape index (κ3) is 18.1. The van der Waals surface area contributed by atoms with Gasteiger partial charge in [0.15, 0.2) is 0 Å². The Morgan fingerprint density at radius 1 is 1.15 bits per heavy atom. The lowest BCUT2D eigenvalue weighted by Gasteiger charge is -1.90. The van der Waals surface area contributed by atoms with Gasteiger partial charge in [-0.05, 0) is 18.6 Å². The van der Waals surface area contributed by atoms with E-state index in [2.05, 4.69) is 13.2 Å². The summed E-state index contributed by atoms with van der Waals surface area (Å²) in [6.07, 6.45) is 5.02. The molecule has 0 unspecified atom stereocenters. The van der Waals surface area contributed by atoms with Crippen molar-refractivity contribution in [3.8, 4) is 0 Å². The van der Waals surface area contributed by atoms with Gasteiger partial charge in [-0.1, -0.05) is 53.0 Å². The first-order chi connectivity index (χ1) is 6.18. The molecule has 0 aliphatic carbocycles. The van der Waals surface area contributed by atoms with Gasteiger partial charge < -0.3 is 5.41 Å². The minimum absolute atomic E-state index is 0.454. The maximum Gasteiger partial charge on any atom is 0.0563 e. The van der Waals surface area contributed by atoms with Crippen molar-refractivity contribution in [1.29, 1.82) is 5.41 Å². The topological polar surface area (TPSA) is 23.9 Å². The van der Waals surface area contributed by atoms with Gasteiger partial charge in [0, 0.05) is 0 Å². The summed E-state index contributed by atoms with van der Waals surface area (Å²) < 4.78 is 0. The Bertz CT molecular complexity index is 164. The number of nitrogens with one attached hydrogen (secondary N) is 1. The van der Waals surface area contributed by atoms with Crippen LogP contribution in [0.4, 0.5) is 0 Å². The fourth-order valence-electron chi connectivity index (χ4n) is 0.307. The Morgan fingerprint density at radius 2 is 1.54 bits per heavy atom. The lowest BCUT2D eigenvalue weighted by Crippen LogP contribution is -1.88. The zero-order chi connectivity index (χ0) is 11.3. The monoisotopic (exact) mass is 181 g/mol. The van der Waals surface area contributed by atoms with Crippen molar-refractivity contribution in [1.82, 2.24) is 0 Å². The molecule has 0 aliphatic rings. The number of allylic oxidation sites excluding steroid dienone is 4. The number of hydrogen-bond acceptors (Lipinski definition) is 1. The quantitative estimate of drug-likeness (QED) is 0.493. The van der Waals surface area contributed by atoms with Crippen LogP contribution >= 0.6 is 0 Å². The largest absolute Gasteiger partial charge is 0.301 e. The molecule has 0 rings (SSSR count). The van der Waals surface area contributed by atoms with E-state index in [0.717, 1.165) is 5.57 Å².